The lowest BCUT2D eigenvalue weighted by Gasteiger charge is -2.26. The molecule has 122 valence electrons. The molecule has 0 aromatic heterocycles. The molecule has 0 radical (unpaired) electrons. The maximum absolute atomic E-state index is 13.2. The average molecular weight is 319 g/mol. The zero-order valence-electron chi connectivity index (χ0n) is 13.0. The van der Waals surface area contributed by atoms with Crippen molar-refractivity contribution in [2.24, 2.45) is 5.73 Å². The van der Waals surface area contributed by atoms with Gasteiger partial charge in [-0.2, -0.15) is 0 Å². The highest BCUT2D eigenvalue weighted by atomic mass is 19.1. The van der Waals surface area contributed by atoms with E-state index < -0.39 is 18.1 Å². The van der Waals surface area contributed by atoms with Crippen LogP contribution in [0.1, 0.15) is 30.9 Å². The van der Waals surface area contributed by atoms with Crippen molar-refractivity contribution in [3.8, 4) is 0 Å². The molecule has 0 aliphatic rings. The maximum Gasteiger partial charge on any atom is 0.322 e. The number of esters is 1. The van der Waals surface area contributed by atoms with Crippen molar-refractivity contribution >= 4 is 5.97 Å². The van der Waals surface area contributed by atoms with Crippen LogP contribution in [-0.4, -0.2) is 18.1 Å². The Kier molecular flexibility index (Phi) is 5.45. The Morgan fingerprint density at radius 3 is 1.65 bits per heavy atom. The first-order chi connectivity index (χ1) is 10.9. The van der Waals surface area contributed by atoms with Gasteiger partial charge in [-0.15, -0.1) is 0 Å². The molecule has 2 aromatic carbocycles. The van der Waals surface area contributed by atoms with Crippen molar-refractivity contribution in [2.75, 3.05) is 0 Å². The minimum absolute atomic E-state index is 0.348. The van der Waals surface area contributed by atoms with Gasteiger partial charge in [0, 0.05) is 5.92 Å². The zero-order chi connectivity index (χ0) is 17.0. The topological polar surface area (TPSA) is 52.3 Å². The SMILES string of the molecule is C[C@H](OC(=O)[C@@H](C)N)C(c1ccc(F)cc1)c1ccc(F)cc1. The Morgan fingerprint density at radius 1 is 0.913 bits per heavy atom. The summed E-state index contributed by atoms with van der Waals surface area (Å²) in [5, 5.41) is 0. The van der Waals surface area contributed by atoms with E-state index in [1.807, 2.05) is 0 Å². The van der Waals surface area contributed by atoms with E-state index in [0.29, 0.717) is 0 Å². The normalized spacial score (nSPS) is 13.7. The molecule has 0 saturated carbocycles. The van der Waals surface area contributed by atoms with Crippen LogP contribution in [0.25, 0.3) is 0 Å². The van der Waals surface area contributed by atoms with Gasteiger partial charge in [0.1, 0.15) is 23.8 Å². The number of nitrogens with two attached hydrogens (primary N) is 1. The van der Waals surface area contributed by atoms with Crippen LogP contribution in [0.3, 0.4) is 0 Å². The molecule has 0 aliphatic heterocycles. The Bertz CT molecular complexity index is 608. The second-order valence-corrected chi connectivity index (χ2v) is 5.51. The van der Waals surface area contributed by atoms with Crippen molar-refractivity contribution in [1.29, 1.82) is 0 Å². The van der Waals surface area contributed by atoms with Crippen molar-refractivity contribution < 1.29 is 18.3 Å². The van der Waals surface area contributed by atoms with Crippen molar-refractivity contribution in [3.63, 3.8) is 0 Å². The minimum Gasteiger partial charge on any atom is -0.461 e. The number of carbonyl (C=O) groups is 1. The molecule has 2 rings (SSSR count). The van der Waals surface area contributed by atoms with Gasteiger partial charge in [-0.05, 0) is 49.2 Å². The van der Waals surface area contributed by atoms with Gasteiger partial charge in [0.15, 0.2) is 0 Å². The van der Waals surface area contributed by atoms with E-state index in [1.54, 1.807) is 38.1 Å². The summed E-state index contributed by atoms with van der Waals surface area (Å²) < 4.78 is 31.7. The summed E-state index contributed by atoms with van der Waals surface area (Å²) in [5.74, 6) is -1.58. The number of carbonyl (C=O) groups excluding carboxylic acids is 1. The van der Waals surface area contributed by atoms with Gasteiger partial charge in [-0.25, -0.2) is 8.78 Å². The number of halogens is 2. The lowest BCUT2D eigenvalue weighted by Crippen LogP contribution is -2.33. The van der Waals surface area contributed by atoms with E-state index in [2.05, 4.69) is 0 Å². The van der Waals surface area contributed by atoms with Crippen molar-refractivity contribution in [1.82, 2.24) is 0 Å². The number of ether oxygens (including phenoxy) is 1. The molecule has 0 saturated heterocycles. The summed E-state index contributed by atoms with van der Waals surface area (Å²) in [4.78, 5) is 11.8. The third kappa shape index (κ3) is 4.36. The summed E-state index contributed by atoms with van der Waals surface area (Å²) in [6.07, 6.45) is -0.538. The third-order valence-electron chi connectivity index (χ3n) is 3.60. The van der Waals surface area contributed by atoms with E-state index in [1.165, 1.54) is 24.3 Å². The fourth-order valence-corrected chi connectivity index (χ4v) is 2.43. The van der Waals surface area contributed by atoms with Crippen LogP contribution in [0, 0.1) is 11.6 Å². The van der Waals surface area contributed by atoms with Crippen LogP contribution in [0.5, 0.6) is 0 Å². The van der Waals surface area contributed by atoms with E-state index in [9.17, 15) is 13.6 Å². The van der Waals surface area contributed by atoms with Crippen LogP contribution in [0.15, 0.2) is 48.5 Å². The molecule has 3 nitrogen and oxygen atoms in total. The quantitative estimate of drug-likeness (QED) is 0.860. The molecule has 0 fully saturated rings. The molecule has 23 heavy (non-hydrogen) atoms. The number of benzene rings is 2. The summed E-state index contributed by atoms with van der Waals surface area (Å²) in [6.45, 7) is 3.28. The van der Waals surface area contributed by atoms with E-state index >= 15 is 0 Å². The van der Waals surface area contributed by atoms with Gasteiger partial charge in [0.05, 0.1) is 0 Å². The van der Waals surface area contributed by atoms with E-state index in [4.69, 9.17) is 10.5 Å². The second-order valence-electron chi connectivity index (χ2n) is 5.51. The van der Waals surface area contributed by atoms with Crippen molar-refractivity contribution in [3.05, 3.63) is 71.3 Å². The van der Waals surface area contributed by atoms with Crippen LogP contribution in [0.2, 0.25) is 0 Å². The molecule has 2 N–H and O–H groups in total. The molecular weight excluding hydrogens is 300 g/mol. The van der Waals surface area contributed by atoms with Gasteiger partial charge in [0.25, 0.3) is 0 Å². The monoisotopic (exact) mass is 319 g/mol. The molecular formula is C18H19F2NO2. The van der Waals surface area contributed by atoms with Crippen LogP contribution in [-0.2, 0) is 9.53 Å². The Labute approximate surface area is 134 Å². The number of rotatable bonds is 5. The Hall–Kier alpha value is -2.27. The fourth-order valence-electron chi connectivity index (χ4n) is 2.43. The lowest BCUT2D eigenvalue weighted by molar-refractivity contribution is -0.149. The van der Waals surface area contributed by atoms with Gasteiger partial charge in [0.2, 0.25) is 0 Å². The molecule has 5 heteroatoms. The first kappa shape index (κ1) is 17.1. The van der Waals surface area contributed by atoms with E-state index in [0.717, 1.165) is 11.1 Å². The average Bonchev–Trinajstić information content (AvgIpc) is 2.51. The molecule has 0 unspecified atom stereocenters. The highest BCUT2D eigenvalue weighted by Gasteiger charge is 2.26. The van der Waals surface area contributed by atoms with Gasteiger partial charge >= 0.3 is 5.97 Å². The molecule has 0 aliphatic carbocycles. The summed E-state index contributed by atoms with van der Waals surface area (Å²) in [7, 11) is 0. The highest BCUT2D eigenvalue weighted by Crippen LogP contribution is 2.30. The zero-order valence-corrected chi connectivity index (χ0v) is 13.0. The largest absolute Gasteiger partial charge is 0.461 e. The number of hydrogen-bond donors (Lipinski definition) is 1. The maximum atomic E-state index is 13.2. The molecule has 0 amide bonds. The molecule has 0 heterocycles. The Morgan fingerprint density at radius 2 is 1.30 bits per heavy atom. The van der Waals surface area contributed by atoms with Crippen LogP contribution < -0.4 is 5.73 Å². The third-order valence-corrected chi connectivity index (χ3v) is 3.60. The molecule has 2 atom stereocenters. The van der Waals surface area contributed by atoms with Gasteiger partial charge in [-0.1, -0.05) is 24.3 Å². The van der Waals surface area contributed by atoms with Crippen LogP contribution in [0.4, 0.5) is 8.78 Å². The van der Waals surface area contributed by atoms with Crippen molar-refractivity contribution in [2.45, 2.75) is 31.9 Å². The molecule has 2 aromatic rings. The Balaban J connectivity index is 2.36. The first-order valence-electron chi connectivity index (χ1n) is 7.35. The smallest absolute Gasteiger partial charge is 0.322 e. The highest BCUT2D eigenvalue weighted by molar-refractivity contribution is 5.75. The first-order valence-corrected chi connectivity index (χ1v) is 7.35. The summed E-state index contributed by atoms with van der Waals surface area (Å²) in [5.41, 5.74) is 7.06. The lowest BCUT2D eigenvalue weighted by atomic mass is 9.87. The second kappa shape index (κ2) is 7.33. The predicted octanol–water partition coefficient (Wildman–Crippen LogP) is 3.38. The fraction of sp³-hybridized carbons (Fsp3) is 0.278. The standard InChI is InChI=1S/C18H19F2NO2/c1-11(21)18(22)23-12(2)17(13-3-7-15(19)8-4-13)14-5-9-16(20)10-6-14/h3-12,17H,21H2,1-2H3/t11-,12+/m1/s1. The predicted molar refractivity (Wildman–Crippen MR) is 83.8 cm³/mol. The van der Waals surface area contributed by atoms with E-state index in [-0.39, 0.29) is 17.6 Å². The molecule has 0 bridgehead atoms. The van der Waals surface area contributed by atoms with Crippen LogP contribution >= 0.6 is 0 Å². The minimum atomic E-state index is -0.737. The van der Waals surface area contributed by atoms with Gasteiger partial charge in [-0.3, -0.25) is 4.79 Å². The summed E-state index contributed by atoms with van der Waals surface area (Å²) in [6, 6.07) is 11.1. The van der Waals surface area contributed by atoms with Gasteiger partial charge < -0.3 is 10.5 Å². The molecule has 0 spiro atoms. The number of hydrogen-bond acceptors (Lipinski definition) is 3. The summed E-state index contributed by atoms with van der Waals surface area (Å²) >= 11 is 0.